The third-order valence-electron chi connectivity index (χ3n) is 5.63. The largest absolute Gasteiger partial charge is 0.481 e. The molecule has 0 aromatic rings. The van der Waals surface area contributed by atoms with E-state index in [1.165, 1.54) is 4.90 Å². The molecule has 1 N–H and O–H groups in total. The SMILES string of the molecule is CN1CC[C@]2(F)C(=O)N(CC3(C(=O)O)CCCC3)C[C@@H]2C1. The van der Waals surface area contributed by atoms with Crippen molar-refractivity contribution in [2.75, 3.05) is 33.2 Å². The van der Waals surface area contributed by atoms with E-state index in [0.29, 0.717) is 32.5 Å². The molecule has 2 heterocycles. The van der Waals surface area contributed by atoms with E-state index in [1.54, 1.807) is 0 Å². The Morgan fingerprint density at radius 3 is 2.62 bits per heavy atom. The Hall–Kier alpha value is -1.17. The summed E-state index contributed by atoms with van der Waals surface area (Å²) in [6.45, 7) is 1.68. The quantitative estimate of drug-likeness (QED) is 0.848. The summed E-state index contributed by atoms with van der Waals surface area (Å²) in [5, 5.41) is 9.54. The second kappa shape index (κ2) is 4.93. The van der Waals surface area contributed by atoms with Crippen LogP contribution >= 0.6 is 0 Å². The van der Waals surface area contributed by atoms with Crippen LogP contribution in [0.1, 0.15) is 32.1 Å². The first-order chi connectivity index (χ1) is 9.87. The molecule has 3 rings (SSSR count). The molecule has 0 radical (unpaired) electrons. The Kier molecular flexibility index (Phi) is 3.47. The molecule has 2 saturated heterocycles. The number of hydrogen-bond donors (Lipinski definition) is 1. The third kappa shape index (κ3) is 2.24. The summed E-state index contributed by atoms with van der Waals surface area (Å²) in [6, 6.07) is 0. The van der Waals surface area contributed by atoms with Gasteiger partial charge in [0.2, 0.25) is 0 Å². The fraction of sp³-hybridized carbons (Fsp3) is 0.867. The molecule has 118 valence electrons. The minimum Gasteiger partial charge on any atom is -0.481 e. The van der Waals surface area contributed by atoms with Crippen LogP contribution in [0.5, 0.6) is 0 Å². The van der Waals surface area contributed by atoms with Gasteiger partial charge in [-0.05, 0) is 19.9 Å². The molecule has 6 heteroatoms. The summed E-state index contributed by atoms with van der Waals surface area (Å²) in [4.78, 5) is 27.6. The number of halogens is 1. The number of alkyl halides is 1. The topological polar surface area (TPSA) is 60.9 Å². The monoisotopic (exact) mass is 298 g/mol. The summed E-state index contributed by atoms with van der Waals surface area (Å²) in [7, 11) is 1.93. The summed E-state index contributed by atoms with van der Waals surface area (Å²) in [5.41, 5.74) is -2.63. The minimum atomic E-state index is -1.77. The van der Waals surface area contributed by atoms with Crippen molar-refractivity contribution in [3.8, 4) is 0 Å². The van der Waals surface area contributed by atoms with Crippen molar-refractivity contribution >= 4 is 11.9 Å². The molecule has 0 aromatic heterocycles. The number of likely N-dealkylation sites (tertiary alicyclic amines) is 2. The highest BCUT2D eigenvalue weighted by Crippen LogP contribution is 2.44. The highest BCUT2D eigenvalue weighted by molar-refractivity contribution is 5.89. The number of piperidine rings is 1. The van der Waals surface area contributed by atoms with Crippen molar-refractivity contribution in [2.24, 2.45) is 11.3 Å². The molecule has 0 bridgehead atoms. The average Bonchev–Trinajstić information content (AvgIpc) is 2.99. The Morgan fingerprint density at radius 1 is 1.33 bits per heavy atom. The predicted molar refractivity (Wildman–Crippen MR) is 74.6 cm³/mol. The number of nitrogens with zero attached hydrogens (tertiary/aromatic N) is 2. The van der Waals surface area contributed by atoms with Crippen LogP contribution in [-0.2, 0) is 9.59 Å². The fourth-order valence-electron chi connectivity index (χ4n) is 4.26. The van der Waals surface area contributed by atoms with Crippen LogP contribution in [0, 0.1) is 11.3 Å². The minimum absolute atomic E-state index is 0.174. The second-order valence-electron chi connectivity index (χ2n) is 7.05. The van der Waals surface area contributed by atoms with Crippen LogP contribution in [0.3, 0.4) is 0 Å². The Balaban J connectivity index is 1.78. The van der Waals surface area contributed by atoms with Crippen molar-refractivity contribution in [2.45, 2.75) is 37.8 Å². The van der Waals surface area contributed by atoms with Gasteiger partial charge in [0.1, 0.15) is 0 Å². The zero-order valence-electron chi connectivity index (χ0n) is 12.5. The number of amides is 1. The molecule has 1 amide bonds. The lowest BCUT2D eigenvalue weighted by atomic mass is 9.85. The lowest BCUT2D eigenvalue weighted by Gasteiger charge is -2.34. The summed E-state index contributed by atoms with van der Waals surface area (Å²) in [5.74, 6) is -1.64. The lowest BCUT2D eigenvalue weighted by Crippen LogP contribution is -2.50. The van der Waals surface area contributed by atoms with Crippen LogP contribution in [0.2, 0.25) is 0 Å². The Labute approximate surface area is 124 Å². The smallest absolute Gasteiger partial charge is 0.311 e. The van der Waals surface area contributed by atoms with Gasteiger partial charge in [-0.15, -0.1) is 0 Å². The maximum Gasteiger partial charge on any atom is 0.311 e. The normalized spacial score (nSPS) is 36.0. The van der Waals surface area contributed by atoms with Crippen LogP contribution < -0.4 is 0 Å². The third-order valence-corrected chi connectivity index (χ3v) is 5.63. The summed E-state index contributed by atoms with van der Waals surface area (Å²) in [6.07, 6.45) is 3.16. The maximum atomic E-state index is 15.0. The van der Waals surface area contributed by atoms with Crippen LogP contribution in [0.25, 0.3) is 0 Å². The number of carboxylic acid groups (broad SMARTS) is 1. The molecule has 2 aliphatic heterocycles. The molecule has 1 aliphatic carbocycles. The molecular formula is C15H23FN2O3. The van der Waals surface area contributed by atoms with Crippen molar-refractivity contribution < 1.29 is 19.1 Å². The van der Waals surface area contributed by atoms with Gasteiger partial charge >= 0.3 is 5.97 Å². The molecule has 21 heavy (non-hydrogen) atoms. The van der Waals surface area contributed by atoms with E-state index in [4.69, 9.17) is 0 Å². The zero-order chi connectivity index (χ0) is 15.3. The maximum absolute atomic E-state index is 15.0. The lowest BCUT2D eigenvalue weighted by molar-refractivity contribution is -0.152. The second-order valence-corrected chi connectivity index (χ2v) is 7.05. The number of aliphatic carboxylic acids is 1. The number of hydrogen-bond acceptors (Lipinski definition) is 3. The summed E-state index contributed by atoms with van der Waals surface area (Å²) < 4.78 is 15.0. The molecule has 0 aromatic carbocycles. The molecule has 0 unspecified atom stereocenters. The van der Waals surface area contributed by atoms with Crippen molar-refractivity contribution in [3.05, 3.63) is 0 Å². The van der Waals surface area contributed by atoms with Crippen LogP contribution in [-0.4, -0.2) is 65.7 Å². The first-order valence-electron chi connectivity index (χ1n) is 7.78. The standard InChI is InChI=1S/C15H23FN2O3/c1-17-7-6-15(16)11(8-17)9-18(12(15)19)10-14(13(20)21)4-2-3-5-14/h11H,2-10H2,1H3,(H,20,21)/t11-,15+/m0/s1. The highest BCUT2D eigenvalue weighted by atomic mass is 19.1. The Bertz CT molecular complexity index is 464. The van der Waals surface area contributed by atoms with Gasteiger partial charge in [-0.25, -0.2) is 4.39 Å². The van der Waals surface area contributed by atoms with Crippen molar-refractivity contribution in [3.63, 3.8) is 0 Å². The first kappa shape index (κ1) is 14.8. The molecule has 3 aliphatic rings. The van der Waals surface area contributed by atoms with E-state index in [9.17, 15) is 14.7 Å². The van der Waals surface area contributed by atoms with Gasteiger partial charge in [0, 0.05) is 38.5 Å². The molecular weight excluding hydrogens is 275 g/mol. The van der Waals surface area contributed by atoms with E-state index in [-0.39, 0.29) is 18.9 Å². The van der Waals surface area contributed by atoms with Gasteiger partial charge < -0.3 is 14.9 Å². The van der Waals surface area contributed by atoms with Gasteiger partial charge in [0.05, 0.1) is 5.41 Å². The number of fused-ring (bicyclic) bond motifs is 1. The molecule has 1 saturated carbocycles. The van der Waals surface area contributed by atoms with E-state index >= 15 is 4.39 Å². The number of carbonyl (C=O) groups is 2. The van der Waals surface area contributed by atoms with Gasteiger partial charge in [0.25, 0.3) is 5.91 Å². The number of carbonyl (C=O) groups excluding carboxylic acids is 1. The van der Waals surface area contributed by atoms with E-state index < -0.39 is 23.0 Å². The fourth-order valence-corrected chi connectivity index (χ4v) is 4.26. The predicted octanol–water partition coefficient (Wildman–Crippen LogP) is 1.13. The molecule has 3 fully saturated rings. The van der Waals surface area contributed by atoms with Crippen molar-refractivity contribution in [1.29, 1.82) is 0 Å². The molecule has 2 atom stereocenters. The summed E-state index contributed by atoms with van der Waals surface area (Å²) >= 11 is 0. The van der Waals surface area contributed by atoms with Crippen LogP contribution in [0.15, 0.2) is 0 Å². The number of rotatable bonds is 3. The van der Waals surface area contributed by atoms with Gasteiger partial charge in [-0.1, -0.05) is 12.8 Å². The van der Waals surface area contributed by atoms with Gasteiger partial charge in [-0.2, -0.15) is 0 Å². The number of carboxylic acids is 1. The zero-order valence-corrected chi connectivity index (χ0v) is 12.5. The molecule has 5 nitrogen and oxygen atoms in total. The van der Waals surface area contributed by atoms with E-state index in [1.807, 2.05) is 11.9 Å². The van der Waals surface area contributed by atoms with Crippen LogP contribution in [0.4, 0.5) is 4.39 Å². The van der Waals surface area contributed by atoms with E-state index in [0.717, 1.165) is 12.8 Å². The average molecular weight is 298 g/mol. The molecule has 0 spiro atoms. The first-order valence-corrected chi connectivity index (χ1v) is 7.78. The van der Waals surface area contributed by atoms with E-state index in [2.05, 4.69) is 0 Å². The van der Waals surface area contributed by atoms with Gasteiger partial charge in [0.15, 0.2) is 5.67 Å². The van der Waals surface area contributed by atoms with Gasteiger partial charge in [-0.3, -0.25) is 9.59 Å². The van der Waals surface area contributed by atoms with Crippen molar-refractivity contribution in [1.82, 2.24) is 9.80 Å². The Morgan fingerprint density at radius 2 is 2.00 bits per heavy atom. The highest BCUT2D eigenvalue weighted by Gasteiger charge is 2.58.